The Morgan fingerprint density at radius 1 is 1.16 bits per heavy atom. The fourth-order valence-corrected chi connectivity index (χ4v) is 3.75. The van der Waals surface area contributed by atoms with E-state index in [2.05, 4.69) is 32.7 Å². The molecule has 0 aliphatic heterocycles. The number of esters is 1. The van der Waals surface area contributed by atoms with Crippen molar-refractivity contribution in [3.8, 4) is 22.4 Å². The topological polar surface area (TPSA) is 85.7 Å². The molecule has 4 heterocycles. The minimum absolute atomic E-state index is 0.355. The summed E-state index contributed by atoms with van der Waals surface area (Å²) in [6.07, 6.45) is 9.15. The van der Waals surface area contributed by atoms with Crippen LogP contribution in [0.15, 0.2) is 73.8 Å². The van der Waals surface area contributed by atoms with E-state index < -0.39 is 0 Å². The Labute approximate surface area is 178 Å². The molecule has 0 saturated carbocycles. The maximum atomic E-state index is 11.8. The number of hydrogen-bond acceptors (Lipinski definition) is 5. The van der Waals surface area contributed by atoms with Crippen molar-refractivity contribution in [1.82, 2.24) is 24.7 Å². The van der Waals surface area contributed by atoms with Crippen LogP contribution in [0.2, 0.25) is 0 Å². The molecule has 0 fully saturated rings. The molecule has 0 bridgehead atoms. The molecule has 7 heteroatoms. The van der Waals surface area contributed by atoms with Crippen LogP contribution in [0.25, 0.3) is 44.3 Å². The number of H-pyrrole nitrogens is 1. The van der Waals surface area contributed by atoms with Gasteiger partial charge in [0.1, 0.15) is 5.65 Å². The molecular formula is C24H19N5O2. The second-order valence-electron chi connectivity index (χ2n) is 7.13. The van der Waals surface area contributed by atoms with Crippen LogP contribution in [0.5, 0.6) is 0 Å². The van der Waals surface area contributed by atoms with Gasteiger partial charge in [0.2, 0.25) is 0 Å². The van der Waals surface area contributed by atoms with E-state index in [9.17, 15) is 4.79 Å². The predicted molar refractivity (Wildman–Crippen MR) is 120 cm³/mol. The third-order valence-corrected chi connectivity index (χ3v) is 5.24. The number of nitrogens with zero attached hydrogens (tertiary/aromatic N) is 4. The largest absolute Gasteiger partial charge is 0.465 e. The fourth-order valence-electron chi connectivity index (χ4n) is 3.75. The smallest absolute Gasteiger partial charge is 0.337 e. The quantitative estimate of drug-likeness (QED) is 0.338. The highest BCUT2D eigenvalue weighted by atomic mass is 16.5. The lowest BCUT2D eigenvalue weighted by atomic mass is 10.00. The molecule has 5 aromatic rings. The van der Waals surface area contributed by atoms with Gasteiger partial charge in [0.15, 0.2) is 0 Å². The summed E-state index contributed by atoms with van der Waals surface area (Å²) in [6.45, 7) is 4.40. The average molecular weight is 409 g/mol. The lowest BCUT2D eigenvalue weighted by Crippen LogP contribution is -2.00. The summed E-state index contributed by atoms with van der Waals surface area (Å²) in [6, 6.07) is 11.4. The van der Waals surface area contributed by atoms with Crippen molar-refractivity contribution in [3.05, 3.63) is 79.4 Å². The first-order valence-corrected chi connectivity index (χ1v) is 9.77. The van der Waals surface area contributed by atoms with E-state index in [1.807, 2.05) is 35.3 Å². The molecule has 4 aromatic heterocycles. The van der Waals surface area contributed by atoms with Crippen LogP contribution in [0.4, 0.5) is 0 Å². The first kappa shape index (κ1) is 18.7. The second kappa shape index (κ2) is 7.53. The molecule has 0 unspecified atom stereocenters. The highest BCUT2D eigenvalue weighted by Gasteiger charge is 2.14. The Hall–Kier alpha value is -4.26. The summed E-state index contributed by atoms with van der Waals surface area (Å²) in [7, 11) is 1.38. The number of fused-ring (bicyclic) bond motifs is 3. The highest BCUT2D eigenvalue weighted by molar-refractivity contribution is 6.13. The maximum absolute atomic E-state index is 11.8. The van der Waals surface area contributed by atoms with E-state index in [0.717, 1.165) is 44.3 Å². The molecule has 0 saturated heterocycles. The number of aromatic amines is 1. The molecule has 0 spiro atoms. The SMILES string of the molecule is C=CCn1cc(-c2cc3c(cn2)[nH]c2nccc(-c4ccc(C(=O)OC)cc4)c23)cn1. The van der Waals surface area contributed by atoms with E-state index in [4.69, 9.17) is 4.74 Å². The van der Waals surface area contributed by atoms with Gasteiger partial charge in [0.25, 0.3) is 0 Å². The van der Waals surface area contributed by atoms with Crippen LogP contribution in [0.3, 0.4) is 0 Å². The zero-order chi connectivity index (χ0) is 21.4. The Bertz CT molecular complexity index is 1430. The van der Waals surface area contributed by atoms with Crippen molar-refractivity contribution in [2.75, 3.05) is 7.11 Å². The molecule has 1 aromatic carbocycles. The summed E-state index contributed by atoms with van der Waals surface area (Å²) >= 11 is 0. The van der Waals surface area contributed by atoms with Gasteiger partial charge in [0, 0.05) is 28.7 Å². The fraction of sp³-hybridized carbons (Fsp3) is 0.0833. The molecule has 0 radical (unpaired) electrons. The van der Waals surface area contributed by atoms with Crippen LogP contribution >= 0.6 is 0 Å². The summed E-state index contributed by atoms with van der Waals surface area (Å²) in [5.41, 5.74) is 5.98. The van der Waals surface area contributed by atoms with Gasteiger partial charge in [-0.15, -0.1) is 6.58 Å². The number of rotatable bonds is 5. The number of nitrogens with one attached hydrogen (secondary N) is 1. The second-order valence-corrected chi connectivity index (χ2v) is 7.13. The molecule has 1 N–H and O–H groups in total. The van der Waals surface area contributed by atoms with E-state index >= 15 is 0 Å². The van der Waals surface area contributed by atoms with Crippen LogP contribution in [0.1, 0.15) is 10.4 Å². The predicted octanol–water partition coefficient (Wildman–Crippen LogP) is 4.61. The number of allylic oxidation sites excluding steroid dienone is 1. The number of ether oxygens (including phenoxy) is 1. The molecule has 0 amide bonds. The van der Waals surface area contributed by atoms with Crippen LogP contribution < -0.4 is 0 Å². The lowest BCUT2D eigenvalue weighted by molar-refractivity contribution is 0.0601. The third kappa shape index (κ3) is 3.26. The van der Waals surface area contributed by atoms with Crippen molar-refractivity contribution in [1.29, 1.82) is 0 Å². The standard InChI is InChI=1S/C24H19N5O2/c1-3-10-29-14-17(12-27-29)20-11-19-21(13-26-20)28-23-22(19)18(8-9-25-23)15-4-6-16(7-5-15)24(30)31-2/h3-9,11-14H,1,10H2,2H3,(H,25,28). The van der Waals surface area contributed by atoms with Crippen molar-refractivity contribution in [2.45, 2.75) is 6.54 Å². The van der Waals surface area contributed by atoms with Crippen LogP contribution in [-0.2, 0) is 11.3 Å². The molecule has 0 aliphatic rings. The Kier molecular flexibility index (Phi) is 4.55. The lowest BCUT2D eigenvalue weighted by Gasteiger charge is -2.06. The Balaban J connectivity index is 1.65. The van der Waals surface area contributed by atoms with Crippen molar-refractivity contribution < 1.29 is 9.53 Å². The number of hydrogen-bond donors (Lipinski definition) is 1. The molecular weight excluding hydrogens is 390 g/mol. The minimum Gasteiger partial charge on any atom is -0.465 e. The van der Waals surface area contributed by atoms with Crippen molar-refractivity contribution >= 4 is 27.9 Å². The van der Waals surface area contributed by atoms with Gasteiger partial charge in [-0.3, -0.25) is 9.67 Å². The zero-order valence-electron chi connectivity index (χ0n) is 16.9. The Morgan fingerprint density at radius 2 is 2.00 bits per heavy atom. The normalized spacial score (nSPS) is 11.1. The van der Waals surface area contributed by atoms with Crippen molar-refractivity contribution in [2.24, 2.45) is 0 Å². The van der Waals surface area contributed by atoms with E-state index in [1.165, 1.54) is 7.11 Å². The number of aromatic nitrogens is 5. The van der Waals surface area contributed by atoms with E-state index in [-0.39, 0.29) is 5.97 Å². The van der Waals surface area contributed by atoms with E-state index in [0.29, 0.717) is 12.1 Å². The number of carbonyl (C=O) groups excluding carboxylic acids is 1. The van der Waals surface area contributed by atoms with Gasteiger partial charge in [0.05, 0.1) is 42.8 Å². The first-order valence-electron chi connectivity index (χ1n) is 9.77. The molecule has 0 aliphatic carbocycles. The summed E-state index contributed by atoms with van der Waals surface area (Å²) < 4.78 is 6.62. The van der Waals surface area contributed by atoms with Gasteiger partial charge >= 0.3 is 5.97 Å². The Morgan fingerprint density at radius 3 is 2.77 bits per heavy atom. The number of carbonyl (C=O) groups is 1. The highest BCUT2D eigenvalue weighted by Crippen LogP contribution is 2.35. The average Bonchev–Trinajstić information content (AvgIpc) is 3.43. The molecule has 31 heavy (non-hydrogen) atoms. The summed E-state index contributed by atoms with van der Waals surface area (Å²) in [4.78, 5) is 24.2. The van der Waals surface area contributed by atoms with Crippen LogP contribution in [0, 0.1) is 0 Å². The molecule has 152 valence electrons. The summed E-state index contributed by atoms with van der Waals surface area (Å²) in [5.74, 6) is -0.355. The van der Waals surface area contributed by atoms with Gasteiger partial charge in [-0.1, -0.05) is 18.2 Å². The first-order chi connectivity index (χ1) is 15.2. The third-order valence-electron chi connectivity index (χ3n) is 5.24. The van der Waals surface area contributed by atoms with Gasteiger partial charge < -0.3 is 9.72 Å². The number of benzene rings is 1. The number of methoxy groups -OCH3 is 1. The van der Waals surface area contributed by atoms with Crippen LogP contribution in [-0.4, -0.2) is 37.8 Å². The zero-order valence-corrected chi connectivity index (χ0v) is 16.9. The monoisotopic (exact) mass is 409 g/mol. The molecule has 7 nitrogen and oxygen atoms in total. The van der Waals surface area contributed by atoms with Gasteiger partial charge in [-0.25, -0.2) is 9.78 Å². The van der Waals surface area contributed by atoms with E-state index in [1.54, 1.807) is 30.6 Å². The minimum atomic E-state index is -0.355. The molecule has 0 atom stereocenters. The number of pyridine rings is 2. The molecule has 5 rings (SSSR count). The van der Waals surface area contributed by atoms with Crippen molar-refractivity contribution in [3.63, 3.8) is 0 Å². The van der Waals surface area contributed by atoms with Gasteiger partial charge in [-0.2, -0.15) is 5.10 Å². The summed E-state index contributed by atoms with van der Waals surface area (Å²) in [5, 5.41) is 6.38. The van der Waals surface area contributed by atoms with Gasteiger partial charge in [-0.05, 0) is 35.4 Å². The maximum Gasteiger partial charge on any atom is 0.337 e.